The fourth-order valence-corrected chi connectivity index (χ4v) is 6.64. The third kappa shape index (κ3) is 5.81. The molecule has 4 aliphatic rings. The molecule has 0 spiro atoms. The zero-order valence-electron chi connectivity index (χ0n) is 22.7. The van der Waals surface area contributed by atoms with Crippen molar-refractivity contribution in [2.24, 2.45) is 0 Å². The van der Waals surface area contributed by atoms with Crippen LogP contribution in [0.15, 0.2) is 36.2 Å². The maximum atomic E-state index is 13.9. The quantitative estimate of drug-likeness (QED) is 0.507. The summed E-state index contributed by atoms with van der Waals surface area (Å²) < 4.78 is 34.1. The first kappa shape index (κ1) is 27.4. The number of amides is 1. The van der Waals surface area contributed by atoms with Crippen molar-refractivity contribution in [2.45, 2.75) is 37.8 Å². The van der Waals surface area contributed by atoms with Crippen LogP contribution in [-0.2, 0) is 14.8 Å². The minimum absolute atomic E-state index is 0.0601. The Morgan fingerprint density at radius 2 is 1.93 bits per heavy atom. The number of morpholine rings is 1. The van der Waals surface area contributed by atoms with Gasteiger partial charge in [-0.25, -0.2) is 13.1 Å². The Balaban J connectivity index is 1.30. The Hall–Kier alpha value is -2.80. The minimum Gasteiger partial charge on any atom is -0.379 e. The van der Waals surface area contributed by atoms with Crippen molar-refractivity contribution in [3.05, 3.63) is 52.4 Å². The van der Waals surface area contributed by atoms with E-state index in [2.05, 4.69) is 36.7 Å². The average molecular weight is 590 g/mol. The molecule has 0 saturated carbocycles. The van der Waals surface area contributed by atoms with Gasteiger partial charge in [0.15, 0.2) is 0 Å². The first-order valence-corrected chi connectivity index (χ1v) is 16.2. The maximum Gasteiger partial charge on any atom is 0.256 e. The lowest BCUT2D eigenvalue weighted by Gasteiger charge is -2.39. The lowest BCUT2D eigenvalue weighted by molar-refractivity contribution is 0.0332. The van der Waals surface area contributed by atoms with Gasteiger partial charge in [-0.05, 0) is 50.0 Å². The number of nitrogens with one attached hydrogen (secondary N) is 2. The fraction of sp³-hybridized carbons (Fsp3) is 0.556. The van der Waals surface area contributed by atoms with Gasteiger partial charge in [-0.15, -0.1) is 0 Å². The second kappa shape index (κ2) is 11.2. The number of nitrogens with zero attached hydrogens (tertiary/aromatic N) is 5. The Morgan fingerprint density at radius 3 is 2.65 bits per heavy atom. The summed E-state index contributed by atoms with van der Waals surface area (Å²) in [7, 11) is -3.58. The second-order valence-electron chi connectivity index (χ2n) is 11.0. The largest absolute Gasteiger partial charge is 0.379 e. The predicted molar refractivity (Wildman–Crippen MR) is 154 cm³/mol. The van der Waals surface area contributed by atoms with Gasteiger partial charge in [0.05, 0.1) is 48.5 Å². The zero-order chi connectivity index (χ0) is 27.9. The molecule has 40 heavy (non-hydrogen) atoms. The molecule has 3 fully saturated rings. The summed E-state index contributed by atoms with van der Waals surface area (Å²) in [5.41, 5.74) is 1.29. The van der Waals surface area contributed by atoms with Gasteiger partial charge in [0.2, 0.25) is 10.0 Å². The molecule has 4 aliphatic heterocycles. The van der Waals surface area contributed by atoms with Crippen LogP contribution in [-0.4, -0.2) is 97.5 Å². The number of rotatable bonds is 7. The SMILES string of the molecule is CS(=O)(=O)Nc1ccc(Cl)cc1C(=O)N1CCCC[C@H]1c1cc2n(n1)C(CN1CCOCC1)C=C(N1CCC1)N2. The molecule has 1 aromatic carbocycles. The van der Waals surface area contributed by atoms with Crippen LogP contribution in [0.2, 0.25) is 5.02 Å². The van der Waals surface area contributed by atoms with E-state index in [9.17, 15) is 13.2 Å². The van der Waals surface area contributed by atoms with E-state index in [1.165, 1.54) is 18.6 Å². The van der Waals surface area contributed by atoms with E-state index in [-0.39, 0.29) is 29.2 Å². The molecule has 13 heteroatoms. The van der Waals surface area contributed by atoms with Gasteiger partial charge in [0.1, 0.15) is 11.6 Å². The molecule has 3 saturated heterocycles. The molecule has 216 valence electrons. The lowest BCUT2D eigenvalue weighted by atomic mass is 9.98. The van der Waals surface area contributed by atoms with E-state index in [0.717, 1.165) is 88.8 Å². The number of halogens is 1. The molecular weight excluding hydrogens is 554 g/mol. The molecule has 0 radical (unpaired) electrons. The van der Waals surface area contributed by atoms with Gasteiger partial charge in [0.25, 0.3) is 5.91 Å². The van der Waals surface area contributed by atoms with E-state index >= 15 is 0 Å². The number of aromatic nitrogens is 2. The number of hydrogen-bond donors (Lipinski definition) is 2. The highest BCUT2D eigenvalue weighted by atomic mass is 35.5. The Labute approximate surface area is 240 Å². The highest BCUT2D eigenvalue weighted by molar-refractivity contribution is 7.92. The number of hydrogen-bond acceptors (Lipinski definition) is 8. The van der Waals surface area contributed by atoms with Crippen molar-refractivity contribution >= 4 is 39.0 Å². The van der Waals surface area contributed by atoms with Crippen LogP contribution < -0.4 is 10.0 Å². The number of piperidine rings is 1. The van der Waals surface area contributed by atoms with E-state index in [4.69, 9.17) is 21.4 Å². The van der Waals surface area contributed by atoms with Crippen molar-refractivity contribution in [1.29, 1.82) is 0 Å². The summed E-state index contributed by atoms with van der Waals surface area (Å²) in [6.07, 6.45) is 7.15. The first-order valence-electron chi connectivity index (χ1n) is 14.0. The molecule has 2 N–H and O–H groups in total. The smallest absolute Gasteiger partial charge is 0.256 e. The number of carbonyl (C=O) groups excluding carboxylic acids is 1. The highest BCUT2D eigenvalue weighted by Gasteiger charge is 2.35. The van der Waals surface area contributed by atoms with Crippen molar-refractivity contribution < 1.29 is 17.9 Å². The van der Waals surface area contributed by atoms with E-state index in [1.807, 2.05) is 4.90 Å². The minimum atomic E-state index is -3.58. The molecule has 11 nitrogen and oxygen atoms in total. The number of benzene rings is 1. The second-order valence-corrected chi connectivity index (χ2v) is 13.2. The zero-order valence-corrected chi connectivity index (χ0v) is 24.3. The predicted octanol–water partition coefficient (Wildman–Crippen LogP) is 3.12. The summed E-state index contributed by atoms with van der Waals surface area (Å²) in [5, 5.41) is 9.05. The standard InChI is InChI=1S/C27H36ClN7O4S/c1-40(37,38)31-22-7-6-19(28)15-21(22)27(36)34-10-3-2-5-24(34)23-17-26-29-25(33-8-4-9-33)16-20(35(26)30-23)18-32-11-13-39-14-12-32/h6-7,15-17,20,24,29,31H,2-5,8-14,18H2,1H3/t20?,24-/m0/s1. The third-order valence-electron chi connectivity index (χ3n) is 8.03. The number of carbonyl (C=O) groups is 1. The monoisotopic (exact) mass is 589 g/mol. The van der Waals surface area contributed by atoms with Gasteiger partial charge in [-0.2, -0.15) is 5.10 Å². The van der Waals surface area contributed by atoms with Crippen LogP contribution in [0.5, 0.6) is 0 Å². The normalized spacial score (nSPS) is 23.6. The number of anilines is 2. The van der Waals surface area contributed by atoms with Crippen molar-refractivity contribution in [3.63, 3.8) is 0 Å². The number of ether oxygens (including phenoxy) is 1. The number of sulfonamides is 1. The highest BCUT2D eigenvalue weighted by Crippen LogP contribution is 2.37. The van der Waals surface area contributed by atoms with Gasteiger partial charge < -0.3 is 19.9 Å². The van der Waals surface area contributed by atoms with Crippen LogP contribution >= 0.6 is 11.6 Å². The van der Waals surface area contributed by atoms with Gasteiger partial charge >= 0.3 is 0 Å². The summed E-state index contributed by atoms with van der Waals surface area (Å²) >= 11 is 6.25. The summed E-state index contributed by atoms with van der Waals surface area (Å²) in [6.45, 7) is 6.75. The first-order chi connectivity index (χ1) is 19.2. The summed E-state index contributed by atoms with van der Waals surface area (Å²) in [6, 6.07) is 6.54. The number of likely N-dealkylation sites (tertiary alicyclic amines) is 2. The van der Waals surface area contributed by atoms with Crippen molar-refractivity contribution in [2.75, 3.05) is 68.8 Å². The van der Waals surface area contributed by atoms with E-state index in [1.54, 1.807) is 6.07 Å². The fourth-order valence-electron chi connectivity index (χ4n) is 5.89. The van der Waals surface area contributed by atoms with Crippen molar-refractivity contribution in [3.8, 4) is 0 Å². The Morgan fingerprint density at radius 1 is 1.12 bits per heavy atom. The molecule has 1 unspecified atom stereocenters. The van der Waals surface area contributed by atoms with Crippen LogP contribution in [0.4, 0.5) is 11.5 Å². The molecule has 2 atom stereocenters. The van der Waals surface area contributed by atoms with E-state index in [0.29, 0.717) is 11.6 Å². The summed E-state index contributed by atoms with van der Waals surface area (Å²) in [4.78, 5) is 20.5. The van der Waals surface area contributed by atoms with Crippen LogP contribution in [0.25, 0.3) is 0 Å². The Kier molecular flexibility index (Phi) is 7.68. The average Bonchev–Trinajstić information content (AvgIpc) is 3.33. The molecule has 2 aromatic rings. The Bertz CT molecular complexity index is 1400. The molecule has 5 heterocycles. The van der Waals surface area contributed by atoms with Crippen LogP contribution in [0.3, 0.4) is 0 Å². The van der Waals surface area contributed by atoms with Crippen LogP contribution in [0, 0.1) is 0 Å². The molecule has 0 bridgehead atoms. The van der Waals surface area contributed by atoms with Gasteiger partial charge in [-0.3, -0.25) is 14.4 Å². The topological polar surface area (TPSA) is 112 Å². The molecule has 1 aromatic heterocycles. The lowest BCUT2D eigenvalue weighted by Crippen LogP contribution is -2.43. The number of fused-ring (bicyclic) bond motifs is 1. The van der Waals surface area contributed by atoms with E-state index < -0.39 is 10.0 Å². The molecular formula is C27H36ClN7O4S. The maximum absolute atomic E-state index is 13.9. The van der Waals surface area contributed by atoms with Gasteiger partial charge in [0, 0.05) is 50.4 Å². The summed E-state index contributed by atoms with van der Waals surface area (Å²) in [5.74, 6) is 1.79. The third-order valence-corrected chi connectivity index (χ3v) is 8.86. The van der Waals surface area contributed by atoms with Crippen LogP contribution in [0.1, 0.15) is 53.8 Å². The molecule has 6 rings (SSSR count). The van der Waals surface area contributed by atoms with Crippen molar-refractivity contribution in [1.82, 2.24) is 24.5 Å². The molecule has 1 amide bonds. The molecule has 0 aliphatic carbocycles. The van der Waals surface area contributed by atoms with Gasteiger partial charge in [-0.1, -0.05) is 11.6 Å².